The average Bonchev–Trinajstić information content (AvgIpc) is 2.30. The average molecular weight is 260 g/mol. The quantitative estimate of drug-likeness (QED) is 0.693. The highest BCUT2D eigenvalue weighted by Gasteiger charge is 2.14. The number of anilines is 1. The molecule has 0 radical (unpaired) electrons. The van der Waals surface area contributed by atoms with Gasteiger partial charge in [0.25, 0.3) is 0 Å². The Balaban J connectivity index is 3.02. The Bertz CT molecular complexity index is 335. The molecular weight excluding hydrogens is 241 g/mol. The third-order valence-corrected chi connectivity index (χ3v) is 3.58. The Kier molecular flexibility index (Phi) is 5.43. The number of hydrogen-bond donors (Lipinski definition) is 0. The van der Waals surface area contributed by atoms with E-state index in [1.807, 2.05) is 12.1 Å². The summed E-state index contributed by atoms with van der Waals surface area (Å²) in [6.07, 6.45) is 2.27. The molecule has 0 spiro atoms. The lowest BCUT2D eigenvalue weighted by Gasteiger charge is -2.30. The first-order valence-corrected chi connectivity index (χ1v) is 6.62. The molecule has 1 rings (SSSR count). The molecule has 0 bridgehead atoms. The van der Waals surface area contributed by atoms with E-state index in [9.17, 15) is 0 Å². The Hall–Kier alpha value is -0.400. The number of rotatable bonds is 5. The highest BCUT2D eigenvalue weighted by Crippen LogP contribution is 2.27. The van der Waals surface area contributed by atoms with Crippen LogP contribution in [0.1, 0.15) is 32.3 Å². The molecule has 0 N–H and O–H groups in total. The third kappa shape index (κ3) is 3.05. The maximum atomic E-state index is 5.97. The first-order valence-electron chi connectivity index (χ1n) is 5.71. The van der Waals surface area contributed by atoms with E-state index in [1.54, 1.807) is 0 Å². The summed E-state index contributed by atoms with van der Waals surface area (Å²) in [4.78, 5) is 2.30. The second-order valence-electron chi connectivity index (χ2n) is 3.99. The number of benzene rings is 1. The van der Waals surface area contributed by atoms with Crippen LogP contribution in [0.3, 0.4) is 0 Å². The van der Waals surface area contributed by atoms with Crippen molar-refractivity contribution in [3.05, 3.63) is 28.8 Å². The molecule has 0 atom stereocenters. The first-order chi connectivity index (χ1) is 7.63. The lowest BCUT2D eigenvalue weighted by Crippen LogP contribution is -2.31. The van der Waals surface area contributed by atoms with E-state index in [-0.39, 0.29) is 0 Å². The van der Waals surface area contributed by atoms with Crippen molar-refractivity contribution in [2.45, 2.75) is 38.6 Å². The van der Waals surface area contributed by atoms with Crippen molar-refractivity contribution in [1.82, 2.24) is 0 Å². The van der Waals surface area contributed by atoms with E-state index < -0.39 is 0 Å². The molecule has 0 heterocycles. The van der Waals surface area contributed by atoms with Crippen LogP contribution < -0.4 is 4.90 Å². The molecule has 0 unspecified atom stereocenters. The smallest absolute Gasteiger partial charge is 0.0495 e. The summed E-state index contributed by atoms with van der Waals surface area (Å²) >= 11 is 11.9. The van der Waals surface area contributed by atoms with Crippen molar-refractivity contribution >= 4 is 28.9 Å². The number of hydrogen-bond acceptors (Lipinski definition) is 1. The summed E-state index contributed by atoms with van der Waals surface area (Å²) in [6.45, 7) is 4.42. The fraction of sp³-hybridized carbons (Fsp3) is 0.538. The summed E-state index contributed by atoms with van der Waals surface area (Å²) < 4.78 is 0. The van der Waals surface area contributed by atoms with Gasteiger partial charge in [0.2, 0.25) is 0 Å². The van der Waals surface area contributed by atoms with Crippen LogP contribution in [0.5, 0.6) is 0 Å². The second kappa shape index (κ2) is 6.36. The van der Waals surface area contributed by atoms with Crippen LogP contribution in [-0.4, -0.2) is 13.1 Å². The van der Waals surface area contributed by atoms with Crippen LogP contribution >= 0.6 is 23.2 Å². The van der Waals surface area contributed by atoms with Gasteiger partial charge in [-0.15, -0.1) is 11.6 Å². The molecule has 1 nitrogen and oxygen atoms in total. The third-order valence-electron chi connectivity index (χ3n) is 3.06. The van der Waals surface area contributed by atoms with Crippen LogP contribution in [-0.2, 0) is 5.88 Å². The van der Waals surface area contributed by atoms with Crippen molar-refractivity contribution < 1.29 is 0 Å². The van der Waals surface area contributed by atoms with E-state index >= 15 is 0 Å². The first kappa shape index (κ1) is 13.7. The zero-order chi connectivity index (χ0) is 12.1. The summed E-state index contributed by atoms with van der Waals surface area (Å²) in [5.74, 6) is 0.500. The van der Waals surface area contributed by atoms with Gasteiger partial charge in [0, 0.05) is 29.7 Å². The zero-order valence-corrected chi connectivity index (χ0v) is 11.6. The molecule has 1 aromatic carbocycles. The summed E-state index contributed by atoms with van der Waals surface area (Å²) in [6, 6.07) is 6.48. The van der Waals surface area contributed by atoms with Crippen LogP contribution in [0.25, 0.3) is 0 Å². The van der Waals surface area contributed by atoms with Gasteiger partial charge in [0.05, 0.1) is 0 Å². The molecule has 0 saturated carbocycles. The molecule has 0 saturated heterocycles. The Morgan fingerprint density at radius 1 is 1.25 bits per heavy atom. The van der Waals surface area contributed by atoms with Crippen LogP contribution in [0.4, 0.5) is 5.69 Å². The molecule has 0 aliphatic heterocycles. The number of nitrogens with zero attached hydrogens (tertiary/aromatic N) is 1. The lowest BCUT2D eigenvalue weighted by atomic mass is 10.1. The number of alkyl halides is 1. The van der Waals surface area contributed by atoms with Crippen LogP contribution in [0.2, 0.25) is 5.02 Å². The lowest BCUT2D eigenvalue weighted by molar-refractivity contribution is 0.590. The Labute approximate surface area is 108 Å². The van der Waals surface area contributed by atoms with E-state index in [1.165, 1.54) is 5.69 Å². The molecule has 0 aromatic heterocycles. The molecule has 0 aliphatic carbocycles. The molecule has 0 aliphatic rings. The maximum Gasteiger partial charge on any atom is 0.0495 e. The van der Waals surface area contributed by atoms with E-state index in [4.69, 9.17) is 23.2 Å². The van der Waals surface area contributed by atoms with Gasteiger partial charge in [-0.2, -0.15) is 0 Å². The summed E-state index contributed by atoms with van der Waals surface area (Å²) in [5, 5.41) is 0.748. The van der Waals surface area contributed by atoms with E-state index in [2.05, 4.69) is 31.9 Å². The second-order valence-corrected chi connectivity index (χ2v) is 4.69. The van der Waals surface area contributed by atoms with Gasteiger partial charge in [-0.1, -0.05) is 25.4 Å². The highest BCUT2D eigenvalue weighted by atomic mass is 35.5. The van der Waals surface area contributed by atoms with Gasteiger partial charge in [0.1, 0.15) is 0 Å². The van der Waals surface area contributed by atoms with E-state index in [0.717, 1.165) is 23.4 Å². The van der Waals surface area contributed by atoms with Gasteiger partial charge in [-0.25, -0.2) is 0 Å². The van der Waals surface area contributed by atoms with Gasteiger partial charge >= 0.3 is 0 Å². The molecule has 1 aromatic rings. The van der Waals surface area contributed by atoms with Crippen LogP contribution in [0.15, 0.2) is 18.2 Å². The maximum absolute atomic E-state index is 5.97. The topological polar surface area (TPSA) is 3.24 Å². The van der Waals surface area contributed by atoms with Crippen molar-refractivity contribution in [1.29, 1.82) is 0 Å². The standard InChI is InChI=1S/C13H19Cl2N/c1-4-12(5-2)16(3)13-7-6-11(15)8-10(13)9-14/h6-8,12H,4-5,9H2,1-3H3. The number of halogens is 2. The van der Waals surface area contributed by atoms with Gasteiger partial charge in [0.15, 0.2) is 0 Å². The van der Waals surface area contributed by atoms with Crippen molar-refractivity contribution in [3.8, 4) is 0 Å². The van der Waals surface area contributed by atoms with Crippen LogP contribution in [0, 0.1) is 0 Å². The molecular formula is C13H19Cl2N. The monoisotopic (exact) mass is 259 g/mol. The highest BCUT2D eigenvalue weighted by molar-refractivity contribution is 6.30. The fourth-order valence-electron chi connectivity index (χ4n) is 2.04. The van der Waals surface area contributed by atoms with Gasteiger partial charge < -0.3 is 4.90 Å². The zero-order valence-electron chi connectivity index (χ0n) is 10.1. The molecule has 16 heavy (non-hydrogen) atoms. The Morgan fingerprint density at radius 3 is 2.38 bits per heavy atom. The fourth-order valence-corrected chi connectivity index (χ4v) is 2.45. The SMILES string of the molecule is CCC(CC)N(C)c1ccc(Cl)cc1CCl. The minimum absolute atomic E-state index is 0.500. The predicted molar refractivity (Wildman–Crippen MR) is 73.8 cm³/mol. The largest absolute Gasteiger partial charge is 0.371 e. The van der Waals surface area contributed by atoms with Gasteiger partial charge in [-0.3, -0.25) is 0 Å². The molecule has 90 valence electrons. The molecule has 0 amide bonds. The normalized spacial score (nSPS) is 10.9. The van der Waals surface area contributed by atoms with Crippen molar-refractivity contribution in [3.63, 3.8) is 0 Å². The molecule has 0 fully saturated rings. The Morgan fingerprint density at radius 2 is 1.88 bits per heavy atom. The summed E-state index contributed by atoms with van der Waals surface area (Å²) in [5.41, 5.74) is 2.29. The van der Waals surface area contributed by atoms with E-state index in [0.29, 0.717) is 11.9 Å². The van der Waals surface area contributed by atoms with Crippen molar-refractivity contribution in [2.75, 3.05) is 11.9 Å². The van der Waals surface area contributed by atoms with Crippen molar-refractivity contribution in [2.24, 2.45) is 0 Å². The molecule has 3 heteroatoms. The predicted octanol–water partition coefficient (Wildman–Crippen LogP) is 4.70. The minimum atomic E-state index is 0.500. The van der Waals surface area contributed by atoms with Gasteiger partial charge in [-0.05, 0) is 36.6 Å². The minimum Gasteiger partial charge on any atom is -0.371 e. The summed E-state index contributed by atoms with van der Waals surface area (Å²) in [7, 11) is 2.12.